The van der Waals surface area contributed by atoms with E-state index in [0.717, 1.165) is 93.4 Å². The number of piperidine rings is 3. The standard InChI is InChI=1S/C46H59ClN9O4P/c1-60-41-30-36(12-14-39(41)50-46-48-31-38(47)44(52-46)49-40-6-4-5-7-42(40)61(2,3)59)55-24-19-35(20-25-55)56-28-26-53(27-29-56)21-16-32-17-22-54(23-18-32)34-10-8-33(9-11-34)37-13-15-43(57)51-45(37)58/h4-12,14,30-32,35,37H,13,15-29H2,1-3H3,(H,51,57,58)(H2,48,49,50,52). The molecule has 2 amide bonds. The second-order valence-corrected chi connectivity index (χ2v) is 20.9. The Bertz CT molecular complexity index is 2210. The first-order chi connectivity index (χ1) is 29.5. The fourth-order valence-electron chi connectivity index (χ4n) is 9.41. The summed E-state index contributed by atoms with van der Waals surface area (Å²) >= 11 is 6.50. The van der Waals surface area contributed by atoms with Gasteiger partial charge in [0, 0.05) is 87.6 Å². The third-order valence-corrected chi connectivity index (χ3v) is 14.9. The number of hydrogen-bond donors (Lipinski definition) is 3. The topological polar surface area (TPSA) is 135 Å². The van der Waals surface area contributed by atoms with Crippen molar-refractivity contribution in [2.24, 2.45) is 5.92 Å². The minimum Gasteiger partial charge on any atom is -0.494 e. The van der Waals surface area contributed by atoms with E-state index >= 15 is 0 Å². The van der Waals surface area contributed by atoms with Crippen LogP contribution in [0.4, 0.5) is 34.5 Å². The molecule has 0 saturated carbocycles. The van der Waals surface area contributed by atoms with Crippen LogP contribution in [-0.4, -0.2) is 117 Å². The molecular weight excluding hydrogens is 809 g/mol. The third kappa shape index (κ3) is 10.5. The molecule has 15 heteroatoms. The van der Waals surface area contributed by atoms with E-state index in [4.69, 9.17) is 16.3 Å². The lowest BCUT2D eigenvalue weighted by Gasteiger charge is -2.43. The Kier molecular flexibility index (Phi) is 13.5. The molecule has 4 saturated heterocycles. The number of halogens is 1. The number of imide groups is 1. The zero-order valence-electron chi connectivity index (χ0n) is 35.6. The van der Waals surface area contributed by atoms with E-state index in [1.807, 2.05) is 30.3 Å². The average Bonchev–Trinajstić information content (AvgIpc) is 3.27. The molecule has 0 aliphatic carbocycles. The van der Waals surface area contributed by atoms with Gasteiger partial charge in [0.25, 0.3) is 0 Å². The normalized spacial score (nSPS) is 20.1. The molecule has 1 unspecified atom stereocenters. The molecule has 61 heavy (non-hydrogen) atoms. The molecule has 324 valence electrons. The van der Waals surface area contributed by atoms with Crippen LogP contribution < -0.4 is 35.8 Å². The van der Waals surface area contributed by atoms with Crippen LogP contribution in [0.5, 0.6) is 5.75 Å². The summed E-state index contributed by atoms with van der Waals surface area (Å²) in [6.45, 7) is 13.4. The molecule has 1 atom stereocenters. The Morgan fingerprint density at radius 1 is 0.820 bits per heavy atom. The molecule has 4 aliphatic heterocycles. The SMILES string of the molecule is COc1cc(N2CCC(N3CCN(CCC4CCN(c5ccc(C6CCC(=O)NC6=O)cc5)CC4)CC3)CC2)ccc1Nc1ncc(Cl)c(Nc2ccccc2P(C)(C)=O)n1. The summed E-state index contributed by atoms with van der Waals surface area (Å²) in [4.78, 5) is 43.2. The minimum absolute atomic E-state index is 0.170. The van der Waals surface area contributed by atoms with Gasteiger partial charge < -0.3 is 34.6 Å². The van der Waals surface area contributed by atoms with Gasteiger partial charge >= 0.3 is 0 Å². The number of methoxy groups -OCH3 is 1. The highest BCUT2D eigenvalue weighted by molar-refractivity contribution is 7.70. The molecule has 4 fully saturated rings. The van der Waals surface area contributed by atoms with Crippen LogP contribution in [0.3, 0.4) is 0 Å². The van der Waals surface area contributed by atoms with Gasteiger partial charge in [-0.15, -0.1) is 0 Å². The maximum atomic E-state index is 12.9. The van der Waals surface area contributed by atoms with Gasteiger partial charge in [0.1, 0.15) is 17.9 Å². The first-order valence-corrected chi connectivity index (χ1v) is 24.8. The summed E-state index contributed by atoms with van der Waals surface area (Å²) in [5, 5.41) is 10.1. The van der Waals surface area contributed by atoms with Gasteiger partial charge in [-0.1, -0.05) is 35.9 Å². The van der Waals surface area contributed by atoms with Crippen LogP contribution in [0.15, 0.2) is 72.9 Å². The van der Waals surface area contributed by atoms with E-state index in [9.17, 15) is 14.2 Å². The molecule has 0 spiro atoms. The van der Waals surface area contributed by atoms with Gasteiger partial charge in [-0.05, 0) is 106 Å². The molecule has 0 bridgehead atoms. The quantitative estimate of drug-likeness (QED) is 0.0921. The van der Waals surface area contributed by atoms with Crippen molar-refractivity contribution in [1.29, 1.82) is 0 Å². The number of nitrogens with zero attached hydrogens (tertiary/aromatic N) is 6. The monoisotopic (exact) mass is 867 g/mol. The highest BCUT2D eigenvalue weighted by atomic mass is 35.5. The van der Waals surface area contributed by atoms with Gasteiger partial charge in [-0.2, -0.15) is 4.98 Å². The average molecular weight is 868 g/mol. The van der Waals surface area contributed by atoms with Crippen LogP contribution in [0, 0.1) is 5.92 Å². The number of aromatic nitrogens is 2. The van der Waals surface area contributed by atoms with Gasteiger partial charge in [0.05, 0.1) is 30.6 Å². The number of carbonyl (C=O) groups is 2. The highest BCUT2D eigenvalue weighted by Crippen LogP contribution is 2.39. The van der Waals surface area contributed by atoms with E-state index in [1.165, 1.54) is 31.5 Å². The van der Waals surface area contributed by atoms with Crippen LogP contribution in [0.1, 0.15) is 56.4 Å². The van der Waals surface area contributed by atoms with E-state index in [1.54, 1.807) is 26.6 Å². The Hall–Kier alpha value is -4.68. The van der Waals surface area contributed by atoms with E-state index in [0.29, 0.717) is 47.1 Å². The molecule has 5 heterocycles. The molecule has 8 rings (SSSR count). The summed E-state index contributed by atoms with van der Waals surface area (Å²) < 4.78 is 18.8. The third-order valence-electron chi connectivity index (χ3n) is 13.0. The fraction of sp³-hybridized carbons (Fsp3) is 0.478. The van der Waals surface area contributed by atoms with Crippen molar-refractivity contribution in [1.82, 2.24) is 25.1 Å². The predicted molar refractivity (Wildman–Crippen MR) is 247 cm³/mol. The van der Waals surface area contributed by atoms with E-state index in [-0.39, 0.29) is 17.7 Å². The van der Waals surface area contributed by atoms with Crippen molar-refractivity contribution >= 4 is 70.4 Å². The number of carbonyl (C=O) groups excluding carboxylic acids is 2. The number of amides is 2. The second-order valence-electron chi connectivity index (χ2n) is 17.3. The van der Waals surface area contributed by atoms with Crippen molar-refractivity contribution in [3.8, 4) is 5.75 Å². The van der Waals surface area contributed by atoms with Gasteiger partial charge in [-0.3, -0.25) is 19.8 Å². The number of piperazine rings is 1. The maximum Gasteiger partial charge on any atom is 0.234 e. The first kappa shape index (κ1) is 43.0. The van der Waals surface area contributed by atoms with Crippen molar-refractivity contribution in [2.45, 2.75) is 56.9 Å². The molecule has 13 nitrogen and oxygen atoms in total. The Morgan fingerprint density at radius 2 is 1.51 bits per heavy atom. The molecule has 4 aliphatic rings. The van der Waals surface area contributed by atoms with E-state index in [2.05, 4.69) is 81.9 Å². The van der Waals surface area contributed by atoms with Crippen molar-refractivity contribution in [2.75, 3.05) is 99.8 Å². The summed E-state index contributed by atoms with van der Waals surface area (Å²) in [6, 6.07) is 22.8. The Labute approximate surface area is 364 Å². The number of anilines is 6. The predicted octanol–water partition coefficient (Wildman–Crippen LogP) is 7.29. The van der Waals surface area contributed by atoms with Crippen LogP contribution in [0.25, 0.3) is 0 Å². The van der Waals surface area contributed by atoms with Gasteiger partial charge in [-0.25, -0.2) is 4.98 Å². The number of nitrogens with one attached hydrogen (secondary N) is 3. The van der Waals surface area contributed by atoms with Gasteiger partial charge in [0.2, 0.25) is 17.8 Å². The molecule has 0 radical (unpaired) electrons. The number of ether oxygens (including phenoxy) is 1. The van der Waals surface area contributed by atoms with Crippen LogP contribution in [0.2, 0.25) is 5.02 Å². The number of para-hydroxylation sites is 1. The van der Waals surface area contributed by atoms with Gasteiger partial charge in [0.15, 0.2) is 5.82 Å². The highest BCUT2D eigenvalue weighted by Gasteiger charge is 2.30. The Morgan fingerprint density at radius 3 is 2.21 bits per heavy atom. The zero-order chi connectivity index (χ0) is 42.5. The largest absolute Gasteiger partial charge is 0.494 e. The summed E-state index contributed by atoms with van der Waals surface area (Å²) in [5.41, 5.74) is 4.81. The molecular formula is C46H59ClN9O4P. The number of hydrogen-bond acceptors (Lipinski definition) is 12. The summed E-state index contributed by atoms with van der Waals surface area (Å²) in [7, 11) is -0.860. The number of benzene rings is 3. The zero-order valence-corrected chi connectivity index (χ0v) is 37.3. The maximum absolute atomic E-state index is 12.9. The lowest BCUT2D eigenvalue weighted by Crippen LogP contribution is -2.53. The van der Waals surface area contributed by atoms with Crippen molar-refractivity contribution < 1.29 is 18.9 Å². The lowest BCUT2D eigenvalue weighted by molar-refractivity contribution is -0.134. The molecule has 3 N–H and O–H groups in total. The van der Waals surface area contributed by atoms with Crippen molar-refractivity contribution in [3.63, 3.8) is 0 Å². The smallest absolute Gasteiger partial charge is 0.234 e. The minimum atomic E-state index is -2.54. The lowest BCUT2D eigenvalue weighted by atomic mass is 9.90. The molecule has 3 aromatic carbocycles. The second kappa shape index (κ2) is 19.2. The van der Waals surface area contributed by atoms with Crippen molar-refractivity contribution in [3.05, 3.63) is 83.5 Å². The summed E-state index contributed by atoms with van der Waals surface area (Å²) in [5.74, 6) is 1.68. The van der Waals surface area contributed by atoms with Crippen LogP contribution >= 0.6 is 18.7 Å². The van der Waals surface area contributed by atoms with E-state index < -0.39 is 7.14 Å². The molecule has 1 aromatic heterocycles. The van der Waals surface area contributed by atoms with Crippen LogP contribution in [-0.2, 0) is 14.2 Å². The fourth-order valence-corrected chi connectivity index (χ4v) is 10.7. The molecule has 4 aromatic rings. The Balaban J connectivity index is 0.761. The first-order valence-electron chi connectivity index (χ1n) is 21.8. The number of rotatable bonds is 13. The summed E-state index contributed by atoms with van der Waals surface area (Å²) in [6.07, 6.45) is 8.53.